The van der Waals surface area contributed by atoms with Crippen molar-refractivity contribution in [2.75, 3.05) is 5.32 Å². The van der Waals surface area contributed by atoms with E-state index in [4.69, 9.17) is 16.2 Å². The molecule has 0 radical (unpaired) electrons. The number of fused-ring (bicyclic) bond motifs is 1. The molecule has 0 saturated heterocycles. The second-order valence-corrected chi connectivity index (χ2v) is 11.4. The minimum absolute atomic E-state index is 0.0198. The molecule has 5 rings (SSSR count). The Morgan fingerprint density at radius 3 is 2.53 bits per heavy atom. The average Bonchev–Trinajstić information content (AvgIpc) is 3.22. The number of aromatic nitrogens is 2. The number of carbonyl (C=O) groups excluding carboxylic acids is 3. The fraction of sp³-hybridized carbons (Fsp3) is 0.538. The Balaban J connectivity index is 1.52. The highest BCUT2D eigenvalue weighted by molar-refractivity contribution is 6.00. The van der Waals surface area contributed by atoms with Gasteiger partial charge in [-0.25, -0.2) is 4.68 Å². The predicted octanol–water partition coefficient (Wildman–Crippen LogP) is 3.51. The summed E-state index contributed by atoms with van der Waals surface area (Å²) in [5, 5.41) is 7.05. The molecule has 12 heteroatoms. The lowest BCUT2D eigenvalue weighted by Gasteiger charge is -2.29. The van der Waals surface area contributed by atoms with Crippen LogP contribution in [0.25, 0.3) is 5.69 Å². The fourth-order valence-electron chi connectivity index (χ4n) is 5.38. The first-order valence-corrected chi connectivity index (χ1v) is 12.6. The summed E-state index contributed by atoms with van der Waals surface area (Å²) in [6.45, 7) is 3.63. The van der Waals surface area contributed by atoms with Gasteiger partial charge in [0.1, 0.15) is 11.6 Å². The largest absolute Gasteiger partial charge is 0.459 e. The van der Waals surface area contributed by atoms with Gasteiger partial charge in [-0.2, -0.15) is 18.3 Å². The summed E-state index contributed by atoms with van der Waals surface area (Å²) in [5.74, 6) is -1.81. The second kappa shape index (κ2) is 8.82. The van der Waals surface area contributed by atoms with Crippen LogP contribution in [0.1, 0.15) is 84.5 Å². The number of primary amides is 1. The maximum atomic E-state index is 13.9. The van der Waals surface area contributed by atoms with Crippen LogP contribution in [-0.2, 0) is 22.1 Å². The lowest BCUT2D eigenvalue weighted by Crippen LogP contribution is -2.41. The number of Topliss-reactive ketones (excluding diaryl/α,β-unsaturated/α-hetero) is 1. The van der Waals surface area contributed by atoms with Crippen molar-refractivity contribution in [3.63, 3.8) is 0 Å². The highest BCUT2D eigenvalue weighted by Gasteiger charge is 2.49. The van der Waals surface area contributed by atoms with Gasteiger partial charge in [0.05, 0.1) is 28.6 Å². The van der Waals surface area contributed by atoms with Crippen LogP contribution in [0.2, 0.25) is 0 Å². The summed E-state index contributed by atoms with van der Waals surface area (Å²) in [4.78, 5) is 37.4. The molecule has 3 aliphatic rings. The summed E-state index contributed by atoms with van der Waals surface area (Å²) < 4.78 is 48.4. The Labute approximate surface area is 217 Å². The monoisotopic (exact) mass is 533 g/mol. The molecule has 0 spiro atoms. The van der Waals surface area contributed by atoms with Crippen molar-refractivity contribution in [2.45, 2.75) is 82.7 Å². The number of nitrogens with two attached hydrogens (primary N) is 2. The van der Waals surface area contributed by atoms with Crippen LogP contribution in [0.3, 0.4) is 0 Å². The molecule has 5 N–H and O–H groups in total. The summed E-state index contributed by atoms with van der Waals surface area (Å²) in [7, 11) is 0. The minimum Gasteiger partial charge on any atom is -0.459 e. The molecular formula is C26H30F3N5O4. The number of anilines is 1. The van der Waals surface area contributed by atoms with Crippen molar-refractivity contribution in [1.29, 1.82) is 0 Å². The topological polar surface area (TPSA) is 142 Å². The molecule has 1 aromatic carbocycles. The molecule has 2 saturated carbocycles. The first-order chi connectivity index (χ1) is 17.7. The molecule has 2 aromatic rings. The van der Waals surface area contributed by atoms with Crippen LogP contribution in [0.5, 0.6) is 0 Å². The fourth-order valence-corrected chi connectivity index (χ4v) is 5.38. The second-order valence-electron chi connectivity index (χ2n) is 11.4. The van der Waals surface area contributed by atoms with Crippen molar-refractivity contribution in [1.82, 2.24) is 9.78 Å². The zero-order valence-corrected chi connectivity index (χ0v) is 21.2. The number of carbonyl (C=O) groups is 3. The first-order valence-electron chi connectivity index (χ1n) is 12.6. The smallest absolute Gasteiger partial charge is 0.435 e. The Kier molecular flexibility index (Phi) is 6.08. The number of ketones is 1. The lowest BCUT2D eigenvalue weighted by molar-refractivity contribution is -0.152. The number of hydrogen-bond donors (Lipinski definition) is 3. The van der Waals surface area contributed by atoms with E-state index < -0.39 is 52.2 Å². The van der Waals surface area contributed by atoms with Crippen LogP contribution in [0.15, 0.2) is 18.2 Å². The van der Waals surface area contributed by atoms with E-state index in [1.54, 1.807) is 0 Å². The number of benzene rings is 1. The summed E-state index contributed by atoms with van der Waals surface area (Å²) in [6, 6.07) is 3.99. The summed E-state index contributed by atoms with van der Waals surface area (Å²) >= 11 is 0. The SMILES string of the molecule is CC1(C)CC(=O)c2c(C(F)(F)F)nn(-c3ccc(C(N)=O)c(N[C@H]4CCC[C@@H]4OC(=O)C4(N)CC4)c3)c2C1. The molecule has 1 heterocycles. The van der Waals surface area contributed by atoms with E-state index >= 15 is 0 Å². The van der Waals surface area contributed by atoms with E-state index in [2.05, 4.69) is 10.4 Å². The number of hydrogen-bond acceptors (Lipinski definition) is 7. The number of ether oxygens (including phenoxy) is 1. The van der Waals surface area contributed by atoms with Crippen molar-refractivity contribution in [2.24, 2.45) is 16.9 Å². The molecule has 2 atom stereocenters. The number of esters is 1. The third-order valence-corrected chi connectivity index (χ3v) is 7.57. The molecule has 3 aliphatic carbocycles. The number of nitrogens with zero attached hydrogens (tertiary/aromatic N) is 2. The lowest BCUT2D eigenvalue weighted by atomic mass is 9.75. The van der Waals surface area contributed by atoms with E-state index in [1.165, 1.54) is 18.2 Å². The molecule has 0 bridgehead atoms. The van der Waals surface area contributed by atoms with Crippen LogP contribution in [-0.4, -0.2) is 45.1 Å². The number of halogens is 3. The van der Waals surface area contributed by atoms with Gasteiger partial charge < -0.3 is 21.5 Å². The molecule has 204 valence electrons. The normalized spacial score (nSPS) is 23.6. The molecular weight excluding hydrogens is 503 g/mol. The number of alkyl halides is 3. The van der Waals surface area contributed by atoms with Gasteiger partial charge in [0, 0.05) is 12.1 Å². The van der Waals surface area contributed by atoms with Crippen LogP contribution in [0.4, 0.5) is 18.9 Å². The quantitative estimate of drug-likeness (QED) is 0.482. The van der Waals surface area contributed by atoms with E-state index in [9.17, 15) is 27.6 Å². The average molecular weight is 534 g/mol. The Hall–Kier alpha value is -3.41. The van der Waals surface area contributed by atoms with Gasteiger partial charge in [-0.1, -0.05) is 13.8 Å². The maximum Gasteiger partial charge on any atom is 0.435 e. The number of nitrogens with one attached hydrogen (secondary N) is 1. The molecule has 9 nitrogen and oxygen atoms in total. The van der Waals surface area contributed by atoms with E-state index in [1.807, 2.05) is 13.8 Å². The summed E-state index contributed by atoms with van der Waals surface area (Å²) in [6.07, 6.45) is -1.98. The molecule has 1 amide bonds. The van der Waals surface area contributed by atoms with Crippen LogP contribution >= 0.6 is 0 Å². The highest BCUT2D eigenvalue weighted by Crippen LogP contribution is 2.42. The zero-order valence-electron chi connectivity index (χ0n) is 21.2. The molecule has 2 fully saturated rings. The summed E-state index contributed by atoms with van der Waals surface area (Å²) in [5.41, 5.74) is 9.22. The van der Waals surface area contributed by atoms with Gasteiger partial charge in [0.15, 0.2) is 11.5 Å². The van der Waals surface area contributed by atoms with E-state index in [-0.39, 0.29) is 41.5 Å². The molecule has 38 heavy (non-hydrogen) atoms. The Morgan fingerprint density at radius 2 is 1.89 bits per heavy atom. The Bertz CT molecular complexity index is 1330. The zero-order chi connectivity index (χ0) is 27.6. The van der Waals surface area contributed by atoms with Gasteiger partial charge in [-0.15, -0.1) is 0 Å². The van der Waals surface area contributed by atoms with Gasteiger partial charge in [0.2, 0.25) is 0 Å². The molecule has 0 aliphatic heterocycles. The standard InChI is InChI=1S/C26H30F3N5O4/c1-24(2)11-17-20(18(35)12-24)21(26(27,28)29)33-34(17)13-6-7-14(22(30)36)16(10-13)32-15-4-3-5-19(15)38-23(37)25(31)8-9-25/h6-7,10,15,19,32H,3-5,8-9,11-12,31H2,1-2H3,(H2,30,36)/t15-,19-/m0/s1. The van der Waals surface area contributed by atoms with Crippen molar-refractivity contribution >= 4 is 23.3 Å². The minimum atomic E-state index is -4.82. The van der Waals surface area contributed by atoms with Gasteiger partial charge in [-0.3, -0.25) is 14.4 Å². The highest BCUT2D eigenvalue weighted by atomic mass is 19.4. The Morgan fingerprint density at radius 1 is 1.18 bits per heavy atom. The third kappa shape index (κ3) is 4.77. The van der Waals surface area contributed by atoms with E-state index in [0.717, 1.165) is 11.1 Å². The number of amides is 1. The maximum absolute atomic E-state index is 13.9. The molecule has 1 aromatic heterocycles. The van der Waals surface area contributed by atoms with Crippen LogP contribution < -0.4 is 16.8 Å². The predicted molar refractivity (Wildman–Crippen MR) is 131 cm³/mol. The van der Waals surface area contributed by atoms with Gasteiger partial charge >= 0.3 is 12.1 Å². The van der Waals surface area contributed by atoms with Crippen LogP contribution in [0, 0.1) is 5.41 Å². The van der Waals surface area contributed by atoms with E-state index in [0.29, 0.717) is 25.7 Å². The third-order valence-electron chi connectivity index (χ3n) is 7.57. The van der Waals surface area contributed by atoms with Gasteiger partial charge in [0.25, 0.3) is 5.91 Å². The van der Waals surface area contributed by atoms with Crippen molar-refractivity contribution in [3.8, 4) is 5.69 Å². The molecule has 0 unspecified atom stereocenters. The van der Waals surface area contributed by atoms with Crippen molar-refractivity contribution < 1.29 is 32.3 Å². The number of rotatable bonds is 6. The van der Waals surface area contributed by atoms with Crippen molar-refractivity contribution in [3.05, 3.63) is 40.7 Å². The first kappa shape index (κ1) is 26.2. The van der Waals surface area contributed by atoms with Gasteiger partial charge in [-0.05, 0) is 62.1 Å².